The zero-order valence-corrected chi connectivity index (χ0v) is 10.4. The van der Waals surface area contributed by atoms with Crippen molar-refractivity contribution in [1.29, 1.82) is 0 Å². The van der Waals surface area contributed by atoms with Crippen molar-refractivity contribution in [2.75, 3.05) is 13.7 Å². The van der Waals surface area contributed by atoms with E-state index in [0.717, 1.165) is 17.9 Å². The van der Waals surface area contributed by atoms with Gasteiger partial charge in [0.1, 0.15) is 11.5 Å². The Balaban J connectivity index is 2.73. The van der Waals surface area contributed by atoms with Crippen molar-refractivity contribution in [2.24, 2.45) is 0 Å². The number of rotatable bonds is 5. The number of hydrogen-bond acceptors (Lipinski definition) is 3. The fourth-order valence-corrected chi connectivity index (χ4v) is 1.63. The van der Waals surface area contributed by atoms with E-state index < -0.39 is 0 Å². The third-order valence-electron chi connectivity index (χ3n) is 2.54. The summed E-state index contributed by atoms with van der Waals surface area (Å²) in [5.41, 5.74) is 3.51. The van der Waals surface area contributed by atoms with Gasteiger partial charge >= 0.3 is 0 Å². The molecule has 0 aliphatic carbocycles. The molecule has 1 N–H and O–H groups in total. The van der Waals surface area contributed by atoms with Crippen molar-refractivity contribution in [1.82, 2.24) is 5.32 Å². The number of nitrogens with one attached hydrogen (secondary N) is 1. The standard InChI is InChI=1S/C13H19NO2/c1-9-6-13(16-4)10(2)5-12(9)8-14-7-11(3)15/h5-6,14H,7-8H2,1-4H3. The normalized spacial score (nSPS) is 10.2. The molecule has 3 heteroatoms. The number of carbonyl (C=O) groups is 1. The number of ketones is 1. The monoisotopic (exact) mass is 221 g/mol. The second-order valence-corrected chi connectivity index (χ2v) is 4.05. The molecule has 3 nitrogen and oxygen atoms in total. The van der Waals surface area contributed by atoms with E-state index in [0.29, 0.717) is 6.54 Å². The number of benzene rings is 1. The van der Waals surface area contributed by atoms with Crippen LogP contribution in [0, 0.1) is 13.8 Å². The quantitative estimate of drug-likeness (QED) is 0.826. The molecule has 0 radical (unpaired) electrons. The second kappa shape index (κ2) is 5.66. The molecule has 1 aromatic carbocycles. The molecule has 0 amide bonds. The van der Waals surface area contributed by atoms with E-state index in [1.54, 1.807) is 14.0 Å². The topological polar surface area (TPSA) is 38.3 Å². The molecule has 0 saturated carbocycles. The van der Waals surface area contributed by atoms with E-state index in [9.17, 15) is 4.79 Å². The molecule has 88 valence electrons. The van der Waals surface area contributed by atoms with Gasteiger partial charge in [0.05, 0.1) is 13.7 Å². The van der Waals surface area contributed by atoms with E-state index in [1.807, 2.05) is 19.9 Å². The molecule has 1 aromatic rings. The predicted octanol–water partition coefficient (Wildman–Crippen LogP) is 1.99. The Hall–Kier alpha value is -1.35. The summed E-state index contributed by atoms with van der Waals surface area (Å²) in [5.74, 6) is 1.07. The maximum Gasteiger partial charge on any atom is 0.143 e. The zero-order valence-electron chi connectivity index (χ0n) is 10.4. The van der Waals surface area contributed by atoms with Crippen LogP contribution >= 0.6 is 0 Å². The van der Waals surface area contributed by atoms with Gasteiger partial charge in [-0.2, -0.15) is 0 Å². The molecule has 0 heterocycles. The molecular weight excluding hydrogens is 202 g/mol. The number of carbonyl (C=O) groups excluding carboxylic acids is 1. The molecular formula is C13H19NO2. The second-order valence-electron chi connectivity index (χ2n) is 4.05. The van der Waals surface area contributed by atoms with Crippen molar-refractivity contribution in [3.63, 3.8) is 0 Å². The van der Waals surface area contributed by atoms with Crippen molar-refractivity contribution < 1.29 is 9.53 Å². The van der Waals surface area contributed by atoms with Crippen molar-refractivity contribution >= 4 is 5.78 Å². The summed E-state index contributed by atoms with van der Waals surface area (Å²) in [6, 6.07) is 4.13. The van der Waals surface area contributed by atoms with Crippen LogP contribution in [0.2, 0.25) is 0 Å². The van der Waals surface area contributed by atoms with Crippen LogP contribution in [-0.4, -0.2) is 19.4 Å². The van der Waals surface area contributed by atoms with Gasteiger partial charge in [0, 0.05) is 6.54 Å². The number of ether oxygens (including phenoxy) is 1. The minimum atomic E-state index is 0.155. The Labute approximate surface area is 96.8 Å². The van der Waals surface area contributed by atoms with E-state index in [2.05, 4.69) is 11.4 Å². The lowest BCUT2D eigenvalue weighted by Gasteiger charge is -2.11. The number of aryl methyl sites for hydroxylation is 2. The first kappa shape index (κ1) is 12.7. The summed E-state index contributed by atoms with van der Waals surface area (Å²) in [6.45, 7) is 6.79. The molecule has 0 unspecified atom stereocenters. The number of Topliss-reactive ketones (excluding diaryl/α,β-unsaturated/α-hetero) is 1. The SMILES string of the molecule is COc1cc(C)c(CNCC(C)=O)cc1C. The molecule has 0 aliphatic heterocycles. The first-order valence-corrected chi connectivity index (χ1v) is 5.39. The molecule has 0 spiro atoms. The summed E-state index contributed by atoms with van der Waals surface area (Å²) < 4.78 is 5.25. The van der Waals surface area contributed by atoms with Gasteiger partial charge < -0.3 is 10.1 Å². The molecule has 0 bridgehead atoms. The first-order valence-electron chi connectivity index (χ1n) is 5.39. The molecule has 0 atom stereocenters. The Morgan fingerprint density at radius 1 is 1.31 bits per heavy atom. The number of methoxy groups -OCH3 is 1. The van der Waals surface area contributed by atoms with Gasteiger partial charge in [0.25, 0.3) is 0 Å². The van der Waals surface area contributed by atoms with Gasteiger partial charge in [0.15, 0.2) is 0 Å². The van der Waals surface area contributed by atoms with Crippen molar-refractivity contribution in [3.05, 3.63) is 28.8 Å². The van der Waals surface area contributed by atoms with Gasteiger partial charge in [-0.25, -0.2) is 0 Å². The highest BCUT2D eigenvalue weighted by Crippen LogP contribution is 2.22. The third kappa shape index (κ3) is 3.35. The van der Waals surface area contributed by atoms with E-state index in [1.165, 1.54) is 11.1 Å². The number of hydrogen-bond donors (Lipinski definition) is 1. The van der Waals surface area contributed by atoms with Gasteiger partial charge in [-0.1, -0.05) is 6.07 Å². The Morgan fingerprint density at radius 2 is 2.00 bits per heavy atom. The van der Waals surface area contributed by atoms with Crippen LogP contribution < -0.4 is 10.1 Å². The fourth-order valence-electron chi connectivity index (χ4n) is 1.63. The van der Waals surface area contributed by atoms with Crippen LogP contribution in [0.5, 0.6) is 5.75 Å². The van der Waals surface area contributed by atoms with Gasteiger partial charge in [-0.05, 0) is 43.5 Å². The molecule has 16 heavy (non-hydrogen) atoms. The van der Waals surface area contributed by atoms with Crippen molar-refractivity contribution in [3.8, 4) is 5.75 Å². The molecule has 0 aliphatic rings. The van der Waals surface area contributed by atoms with Crippen LogP contribution in [0.4, 0.5) is 0 Å². The largest absolute Gasteiger partial charge is 0.496 e. The van der Waals surface area contributed by atoms with Crippen molar-refractivity contribution in [2.45, 2.75) is 27.3 Å². The first-order chi connectivity index (χ1) is 7.54. The van der Waals surface area contributed by atoms with Crippen LogP contribution in [0.15, 0.2) is 12.1 Å². The highest BCUT2D eigenvalue weighted by atomic mass is 16.5. The zero-order chi connectivity index (χ0) is 12.1. The fraction of sp³-hybridized carbons (Fsp3) is 0.462. The predicted molar refractivity (Wildman–Crippen MR) is 64.9 cm³/mol. The smallest absolute Gasteiger partial charge is 0.143 e. The van der Waals surface area contributed by atoms with E-state index >= 15 is 0 Å². The Bertz CT molecular complexity index is 386. The lowest BCUT2D eigenvalue weighted by atomic mass is 10.0. The van der Waals surface area contributed by atoms with E-state index in [-0.39, 0.29) is 5.78 Å². The highest BCUT2D eigenvalue weighted by molar-refractivity contribution is 5.77. The lowest BCUT2D eigenvalue weighted by Crippen LogP contribution is -2.20. The summed E-state index contributed by atoms with van der Waals surface area (Å²) >= 11 is 0. The molecule has 0 aromatic heterocycles. The maximum absolute atomic E-state index is 10.8. The Kier molecular flexibility index (Phi) is 4.50. The van der Waals surface area contributed by atoms with Gasteiger partial charge in [0.2, 0.25) is 0 Å². The average Bonchev–Trinajstić information content (AvgIpc) is 2.22. The summed E-state index contributed by atoms with van der Waals surface area (Å²) in [5, 5.41) is 3.12. The van der Waals surface area contributed by atoms with Crippen LogP contribution in [0.25, 0.3) is 0 Å². The van der Waals surface area contributed by atoms with Crippen LogP contribution in [-0.2, 0) is 11.3 Å². The maximum atomic E-state index is 10.8. The van der Waals surface area contributed by atoms with E-state index in [4.69, 9.17) is 4.74 Å². The van der Waals surface area contributed by atoms with Crippen LogP contribution in [0.1, 0.15) is 23.6 Å². The third-order valence-corrected chi connectivity index (χ3v) is 2.54. The average molecular weight is 221 g/mol. The summed E-state index contributed by atoms with van der Waals surface area (Å²) in [7, 11) is 1.68. The summed E-state index contributed by atoms with van der Waals surface area (Å²) in [6.07, 6.45) is 0. The summed E-state index contributed by atoms with van der Waals surface area (Å²) in [4.78, 5) is 10.8. The molecule has 0 fully saturated rings. The minimum absolute atomic E-state index is 0.155. The molecule has 1 rings (SSSR count). The van der Waals surface area contributed by atoms with Gasteiger partial charge in [-0.3, -0.25) is 4.79 Å². The Morgan fingerprint density at radius 3 is 2.56 bits per heavy atom. The minimum Gasteiger partial charge on any atom is -0.496 e. The molecule has 0 saturated heterocycles. The van der Waals surface area contributed by atoms with Crippen LogP contribution in [0.3, 0.4) is 0 Å². The highest BCUT2D eigenvalue weighted by Gasteiger charge is 2.04. The van der Waals surface area contributed by atoms with Gasteiger partial charge in [-0.15, -0.1) is 0 Å². The lowest BCUT2D eigenvalue weighted by molar-refractivity contribution is -0.116.